The first kappa shape index (κ1) is 18.9. The van der Waals surface area contributed by atoms with Gasteiger partial charge < -0.3 is 19.9 Å². The van der Waals surface area contributed by atoms with Crippen LogP contribution in [-0.2, 0) is 27.4 Å². The molecular weight excluding hydrogens is 346 g/mol. The van der Waals surface area contributed by atoms with E-state index >= 15 is 0 Å². The summed E-state index contributed by atoms with van der Waals surface area (Å²) in [5.74, 6) is -0.933. The Bertz CT molecular complexity index is 771. The molecule has 1 saturated heterocycles. The standard InChI is InChI=1S/C21H23NO5/c23-20(17-9-10-26-14-17)22-19(21(24)25)12-16-7-4-8-18(11-16)27-13-15-5-2-1-3-6-15/h1-8,11,17,19H,9-10,12-14H2,(H,22,23)(H,24,25)/t17-,19+/m1/s1. The van der Waals surface area contributed by atoms with Crippen LogP contribution in [0, 0.1) is 5.92 Å². The van der Waals surface area contributed by atoms with Crippen molar-refractivity contribution in [3.8, 4) is 5.75 Å². The summed E-state index contributed by atoms with van der Waals surface area (Å²) in [6.07, 6.45) is 0.818. The van der Waals surface area contributed by atoms with Gasteiger partial charge in [-0.3, -0.25) is 4.79 Å². The summed E-state index contributed by atoms with van der Waals surface area (Å²) in [5.41, 5.74) is 1.84. The van der Waals surface area contributed by atoms with E-state index in [9.17, 15) is 14.7 Å². The molecule has 27 heavy (non-hydrogen) atoms. The number of carbonyl (C=O) groups is 2. The van der Waals surface area contributed by atoms with Crippen molar-refractivity contribution in [1.82, 2.24) is 5.32 Å². The Morgan fingerprint density at radius 3 is 2.63 bits per heavy atom. The topological polar surface area (TPSA) is 84.9 Å². The van der Waals surface area contributed by atoms with Gasteiger partial charge in [0.15, 0.2) is 0 Å². The van der Waals surface area contributed by atoms with Crippen molar-refractivity contribution in [3.05, 3.63) is 65.7 Å². The maximum atomic E-state index is 12.2. The van der Waals surface area contributed by atoms with Crippen LogP contribution in [0.3, 0.4) is 0 Å². The fourth-order valence-corrected chi connectivity index (χ4v) is 2.97. The number of carbonyl (C=O) groups excluding carboxylic acids is 1. The van der Waals surface area contributed by atoms with Gasteiger partial charge in [-0.15, -0.1) is 0 Å². The number of carboxylic acid groups (broad SMARTS) is 1. The van der Waals surface area contributed by atoms with Crippen LogP contribution in [-0.4, -0.2) is 36.2 Å². The predicted octanol–water partition coefficient (Wildman–Crippen LogP) is 2.41. The molecule has 2 N–H and O–H groups in total. The van der Waals surface area contributed by atoms with Gasteiger partial charge in [0.2, 0.25) is 5.91 Å². The lowest BCUT2D eigenvalue weighted by Crippen LogP contribution is -2.45. The Morgan fingerprint density at radius 1 is 1.15 bits per heavy atom. The van der Waals surface area contributed by atoms with E-state index in [1.54, 1.807) is 0 Å². The summed E-state index contributed by atoms with van der Waals surface area (Å²) in [4.78, 5) is 23.8. The van der Waals surface area contributed by atoms with Gasteiger partial charge in [0, 0.05) is 13.0 Å². The molecule has 6 nitrogen and oxygen atoms in total. The van der Waals surface area contributed by atoms with Crippen molar-refractivity contribution in [2.24, 2.45) is 5.92 Å². The van der Waals surface area contributed by atoms with E-state index in [-0.39, 0.29) is 18.2 Å². The van der Waals surface area contributed by atoms with Gasteiger partial charge >= 0.3 is 5.97 Å². The Morgan fingerprint density at radius 2 is 1.93 bits per heavy atom. The third-order valence-electron chi connectivity index (χ3n) is 4.50. The van der Waals surface area contributed by atoms with Crippen LogP contribution in [0.1, 0.15) is 17.5 Å². The molecule has 2 atom stereocenters. The van der Waals surface area contributed by atoms with Crippen LogP contribution in [0.4, 0.5) is 0 Å². The summed E-state index contributed by atoms with van der Waals surface area (Å²) in [6.45, 7) is 1.32. The van der Waals surface area contributed by atoms with Crippen LogP contribution < -0.4 is 10.1 Å². The molecule has 0 saturated carbocycles. The molecule has 3 rings (SSSR count). The van der Waals surface area contributed by atoms with E-state index in [4.69, 9.17) is 9.47 Å². The smallest absolute Gasteiger partial charge is 0.326 e. The number of hydrogen-bond acceptors (Lipinski definition) is 4. The average Bonchev–Trinajstić information content (AvgIpc) is 3.22. The Labute approximate surface area is 158 Å². The molecule has 0 radical (unpaired) electrons. The minimum Gasteiger partial charge on any atom is -0.489 e. The molecule has 0 spiro atoms. The van der Waals surface area contributed by atoms with Crippen LogP contribution >= 0.6 is 0 Å². The number of amides is 1. The molecule has 1 heterocycles. The minimum atomic E-state index is -1.06. The quantitative estimate of drug-likeness (QED) is 0.746. The number of nitrogens with one attached hydrogen (secondary N) is 1. The molecule has 0 bridgehead atoms. The van der Waals surface area contributed by atoms with Gasteiger partial charge in [0.25, 0.3) is 0 Å². The third-order valence-corrected chi connectivity index (χ3v) is 4.50. The predicted molar refractivity (Wildman–Crippen MR) is 99.4 cm³/mol. The molecule has 0 unspecified atom stereocenters. The monoisotopic (exact) mass is 369 g/mol. The summed E-state index contributed by atoms with van der Waals surface area (Å²) < 4.78 is 11.0. The van der Waals surface area contributed by atoms with Crippen molar-refractivity contribution in [2.75, 3.05) is 13.2 Å². The summed E-state index contributed by atoms with van der Waals surface area (Å²) in [7, 11) is 0. The zero-order chi connectivity index (χ0) is 19.1. The largest absolute Gasteiger partial charge is 0.489 e. The number of ether oxygens (including phenoxy) is 2. The van der Waals surface area contributed by atoms with E-state index in [2.05, 4.69) is 5.32 Å². The Hall–Kier alpha value is -2.86. The van der Waals surface area contributed by atoms with Gasteiger partial charge in [-0.2, -0.15) is 0 Å². The maximum Gasteiger partial charge on any atom is 0.326 e. The lowest BCUT2D eigenvalue weighted by Gasteiger charge is -2.17. The zero-order valence-electron chi connectivity index (χ0n) is 15.0. The number of carboxylic acids is 1. The highest BCUT2D eigenvalue weighted by atomic mass is 16.5. The fraction of sp³-hybridized carbons (Fsp3) is 0.333. The minimum absolute atomic E-state index is 0.192. The van der Waals surface area contributed by atoms with Crippen molar-refractivity contribution in [2.45, 2.75) is 25.5 Å². The fourth-order valence-electron chi connectivity index (χ4n) is 2.97. The SMILES string of the molecule is O=C(N[C@@H](Cc1cccc(OCc2ccccc2)c1)C(=O)O)[C@@H]1CCOC1. The van der Waals surface area contributed by atoms with E-state index in [1.165, 1.54) is 0 Å². The van der Waals surface area contributed by atoms with Crippen molar-refractivity contribution in [1.29, 1.82) is 0 Å². The Balaban J connectivity index is 1.60. The summed E-state index contributed by atoms with van der Waals surface area (Å²) in [6, 6.07) is 16.1. The Kier molecular flexibility index (Phi) is 6.44. The summed E-state index contributed by atoms with van der Waals surface area (Å²) >= 11 is 0. The second-order valence-electron chi connectivity index (χ2n) is 6.59. The molecule has 142 valence electrons. The van der Waals surface area contributed by atoms with Gasteiger partial charge in [0.1, 0.15) is 18.4 Å². The number of aliphatic carboxylic acids is 1. The molecular formula is C21H23NO5. The number of benzene rings is 2. The molecule has 1 aliphatic heterocycles. The van der Waals surface area contributed by atoms with Crippen LogP contribution in [0.25, 0.3) is 0 Å². The van der Waals surface area contributed by atoms with Gasteiger partial charge in [-0.25, -0.2) is 4.79 Å². The first-order valence-corrected chi connectivity index (χ1v) is 8.98. The van der Waals surface area contributed by atoms with E-state index < -0.39 is 12.0 Å². The van der Waals surface area contributed by atoms with Gasteiger partial charge in [-0.05, 0) is 29.7 Å². The van der Waals surface area contributed by atoms with Crippen molar-refractivity contribution < 1.29 is 24.2 Å². The second kappa shape index (κ2) is 9.19. The number of hydrogen-bond donors (Lipinski definition) is 2. The van der Waals surface area contributed by atoms with Crippen LogP contribution in [0.5, 0.6) is 5.75 Å². The lowest BCUT2D eigenvalue weighted by molar-refractivity contribution is -0.142. The first-order chi connectivity index (χ1) is 13.1. The van der Waals surface area contributed by atoms with Crippen molar-refractivity contribution in [3.63, 3.8) is 0 Å². The molecule has 2 aromatic carbocycles. The lowest BCUT2D eigenvalue weighted by atomic mass is 10.0. The first-order valence-electron chi connectivity index (χ1n) is 8.98. The number of rotatable bonds is 8. The van der Waals surface area contributed by atoms with E-state index in [0.717, 1.165) is 11.1 Å². The van der Waals surface area contributed by atoms with Crippen molar-refractivity contribution >= 4 is 11.9 Å². The third kappa shape index (κ3) is 5.56. The molecule has 0 aromatic heterocycles. The molecule has 1 aliphatic rings. The highest BCUT2D eigenvalue weighted by Crippen LogP contribution is 2.17. The molecule has 0 aliphatic carbocycles. The van der Waals surface area contributed by atoms with Gasteiger partial charge in [-0.1, -0.05) is 42.5 Å². The molecule has 6 heteroatoms. The second-order valence-corrected chi connectivity index (χ2v) is 6.59. The molecule has 1 fully saturated rings. The van der Waals surface area contributed by atoms with Gasteiger partial charge in [0.05, 0.1) is 12.5 Å². The van der Waals surface area contributed by atoms with Crippen LogP contribution in [0.2, 0.25) is 0 Å². The highest BCUT2D eigenvalue weighted by molar-refractivity contribution is 5.85. The molecule has 2 aromatic rings. The van der Waals surface area contributed by atoms with E-state index in [1.807, 2.05) is 54.6 Å². The highest BCUT2D eigenvalue weighted by Gasteiger charge is 2.28. The van der Waals surface area contributed by atoms with Crippen LogP contribution in [0.15, 0.2) is 54.6 Å². The summed E-state index contributed by atoms with van der Waals surface area (Å²) in [5, 5.41) is 12.1. The van der Waals surface area contributed by atoms with E-state index in [0.29, 0.717) is 32.0 Å². The molecule has 1 amide bonds. The maximum absolute atomic E-state index is 12.2. The normalized spacial score (nSPS) is 17.3. The zero-order valence-corrected chi connectivity index (χ0v) is 15.0. The average molecular weight is 369 g/mol.